The summed E-state index contributed by atoms with van der Waals surface area (Å²) in [6, 6.07) is 5.31. The van der Waals surface area contributed by atoms with Crippen LogP contribution in [0.5, 0.6) is 5.75 Å². The Kier molecular flexibility index (Phi) is 5.32. The summed E-state index contributed by atoms with van der Waals surface area (Å²) in [6.07, 6.45) is -9.84. The second kappa shape index (κ2) is 6.31. The second-order valence-corrected chi connectivity index (χ2v) is 4.48. The molecule has 0 spiro atoms. The summed E-state index contributed by atoms with van der Waals surface area (Å²) in [6.45, 7) is 0. The molecule has 0 aromatic heterocycles. The molecule has 0 saturated carbocycles. The quantitative estimate of drug-likeness (QED) is 0.708. The van der Waals surface area contributed by atoms with Gasteiger partial charge in [0.05, 0.1) is 13.2 Å². The fraction of sp³-hybridized carbons (Fsp3) is 0.538. The lowest BCUT2D eigenvalue weighted by Crippen LogP contribution is -2.52. The molecule has 0 heterocycles. The Morgan fingerprint density at radius 1 is 1.00 bits per heavy atom. The maximum absolute atomic E-state index is 13.4. The Morgan fingerprint density at radius 2 is 1.59 bits per heavy atom. The lowest BCUT2D eigenvalue weighted by molar-refractivity contribution is -0.358. The molecule has 9 heteroatoms. The van der Waals surface area contributed by atoms with Gasteiger partial charge in [-0.05, 0) is 17.7 Å². The van der Waals surface area contributed by atoms with Crippen molar-refractivity contribution in [2.75, 3.05) is 14.2 Å². The number of methoxy groups -OCH3 is 2. The van der Waals surface area contributed by atoms with Gasteiger partial charge < -0.3 is 9.47 Å². The first-order chi connectivity index (χ1) is 9.96. The molecule has 2 nitrogen and oxygen atoms in total. The van der Waals surface area contributed by atoms with E-state index in [4.69, 9.17) is 4.74 Å². The fourth-order valence-electron chi connectivity index (χ4n) is 1.75. The number of hydrogen-bond donors (Lipinski definition) is 0. The molecule has 0 aliphatic carbocycles. The van der Waals surface area contributed by atoms with Crippen LogP contribution in [0.2, 0.25) is 0 Å². The van der Waals surface area contributed by atoms with Gasteiger partial charge in [0.2, 0.25) is 0 Å². The van der Waals surface area contributed by atoms with Crippen LogP contribution in [0, 0.1) is 0 Å². The Balaban J connectivity index is 3.07. The molecule has 0 amide bonds. The average molecular weight is 334 g/mol. The monoisotopic (exact) mass is 334 g/mol. The Labute approximate surface area is 121 Å². The van der Waals surface area contributed by atoms with Crippen molar-refractivity contribution in [3.8, 4) is 5.75 Å². The Hall–Kier alpha value is -1.51. The van der Waals surface area contributed by atoms with Crippen molar-refractivity contribution in [1.82, 2.24) is 0 Å². The minimum atomic E-state index is -6.36. The number of alkyl halides is 7. The zero-order valence-electron chi connectivity index (χ0n) is 11.6. The SMILES string of the molecule is COc1cccc(C(CC(F)(F)C(F)(F)C(F)(F)F)OC)c1. The zero-order chi connectivity index (χ0) is 17.2. The van der Waals surface area contributed by atoms with Crippen molar-refractivity contribution < 1.29 is 40.2 Å². The third-order valence-electron chi connectivity index (χ3n) is 3.01. The third-order valence-corrected chi connectivity index (χ3v) is 3.01. The van der Waals surface area contributed by atoms with Crippen LogP contribution in [-0.4, -0.2) is 32.2 Å². The Morgan fingerprint density at radius 3 is 2.05 bits per heavy atom. The third kappa shape index (κ3) is 3.63. The molecule has 1 aromatic rings. The van der Waals surface area contributed by atoms with Crippen LogP contribution in [0.3, 0.4) is 0 Å². The topological polar surface area (TPSA) is 18.5 Å². The van der Waals surface area contributed by atoms with E-state index in [0.717, 1.165) is 7.11 Å². The van der Waals surface area contributed by atoms with Crippen molar-refractivity contribution in [1.29, 1.82) is 0 Å². The van der Waals surface area contributed by atoms with E-state index in [2.05, 4.69) is 4.74 Å². The van der Waals surface area contributed by atoms with Crippen LogP contribution >= 0.6 is 0 Å². The first kappa shape index (κ1) is 18.5. The average Bonchev–Trinajstić information content (AvgIpc) is 2.43. The normalized spacial score (nSPS) is 14.8. The summed E-state index contributed by atoms with van der Waals surface area (Å²) in [5.74, 6) is -11.3. The molecule has 0 aliphatic heterocycles. The fourth-order valence-corrected chi connectivity index (χ4v) is 1.75. The minimum Gasteiger partial charge on any atom is -0.497 e. The van der Waals surface area contributed by atoms with Crippen LogP contribution in [0.4, 0.5) is 30.7 Å². The van der Waals surface area contributed by atoms with Gasteiger partial charge in [-0.2, -0.15) is 30.7 Å². The Bertz CT molecular complexity index is 499. The van der Waals surface area contributed by atoms with E-state index in [0.29, 0.717) is 0 Å². The first-order valence-electron chi connectivity index (χ1n) is 5.95. The number of ether oxygens (including phenoxy) is 2. The van der Waals surface area contributed by atoms with Crippen LogP contribution in [0.15, 0.2) is 24.3 Å². The molecular weight excluding hydrogens is 321 g/mol. The number of rotatable bonds is 6. The van der Waals surface area contributed by atoms with Gasteiger partial charge >= 0.3 is 18.0 Å². The first-order valence-corrected chi connectivity index (χ1v) is 5.95. The molecule has 0 aliphatic rings. The highest BCUT2D eigenvalue weighted by atomic mass is 19.4. The molecule has 126 valence electrons. The van der Waals surface area contributed by atoms with Crippen molar-refractivity contribution in [2.24, 2.45) is 0 Å². The smallest absolute Gasteiger partial charge is 0.459 e. The maximum Gasteiger partial charge on any atom is 0.459 e. The molecule has 0 bridgehead atoms. The summed E-state index contributed by atoms with van der Waals surface area (Å²) in [7, 11) is 2.22. The van der Waals surface area contributed by atoms with E-state index in [1.807, 2.05) is 0 Å². The van der Waals surface area contributed by atoms with Crippen LogP contribution < -0.4 is 4.74 Å². The predicted molar refractivity (Wildman–Crippen MR) is 63.3 cm³/mol. The summed E-state index contributed by atoms with van der Waals surface area (Å²) >= 11 is 0. The zero-order valence-corrected chi connectivity index (χ0v) is 11.6. The van der Waals surface area contributed by atoms with E-state index in [-0.39, 0.29) is 11.3 Å². The molecule has 1 rings (SSSR count). The van der Waals surface area contributed by atoms with Crippen molar-refractivity contribution in [2.45, 2.75) is 30.5 Å². The van der Waals surface area contributed by atoms with Gasteiger partial charge in [-0.25, -0.2) is 0 Å². The molecule has 22 heavy (non-hydrogen) atoms. The summed E-state index contributed by atoms with van der Waals surface area (Å²) in [4.78, 5) is 0. The van der Waals surface area contributed by atoms with Crippen molar-refractivity contribution in [3.05, 3.63) is 29.8 Å². The molecule has 1 atom stereocenters. The van der Waals surface area contributed by atoms with E-state index in [1.54, 1.807) is 0 Å². The van der Waals surface area contributed by atoms with Crippen molar-refractivity contribution >= 4 is 0 Å². The molecule has 0 N–H and O–H groups in total. The van der Waals surface area contributed by atoms with E-state index >= 15 is 0 Å². The number of hydrogen-bond acceptors (Lipinski definition) is 2. The van der Waals surface area contributed by atoms with Gasteiger partial charge in [-0.3, -0.25) is 0 Å². The van der Waals surface area contributed by atoms with Gasteiger partial charge in [0.15, 0.2) is 0 Å². The summed E-state index contributed by atoms with van der Waals surface area (Å²) in [5.41, 5.74) is -0.000463. The van der Waals surface area contributed by atoms with E-state index in [9.17, 15) is 30.7 Å². The maximum atomic E-state index is 13.4. The standard InChI is InChI=1S/C13H13F7O2/c1-21-9-5-3-4-8(6-9)10(22-2)7-11(14,15)12(16,17)13(18,19)20/h3-6,10H,7H2,1-2H3. The van der Waals surface area contributed by atoms with Gasteiger partial charge in [0.25, 0.3) is 0 Å². The highest BCUT2D eigenvalue weighted by Gasteiger charge is 2.73. The molecule has 0 saturated heterocycles. The largest absolute Gasteiger partial charge is 0.497 e. The van der Waals surface area contributed by atoms with Crippen LogP contribution in [0.1, 0.15) is 18.1 Å². The van der Waals surface area contributed by atoms with Gasteiger partial charge in [0.1, 0.15) is 5.75 Å². The highest BCUT2D eigenvalue weighted by Crippen LogP contribution is 2.50. The van der Waals surface area contributed by atoms with Crippen molar-refractivity contribution in [3.63, 3.8) is 0 Å². The second-order valence-electron chi connectivity index (χ2n) is 4.48. The van der Waals surface area contributed by atoms with Crippen LogP contribution in [-0.2, 0) is 4.74 Å². The molecule has 0 radical (unpaired) electrons. The van der Waals surface area contributed by atoms with Crippen LogP contribution in [0.25, 0.3) is 0 Å². The molecule has 0 fully saturated rings. The predicted octanol–water partition coefficient (Wildman–Crippen LogP) is 4.61. The summed E-state index contributed by atoms with van der Waals surface area (Å²) in [5, 5.41) is 0. The van der Waals surface area contributed by atoms with Gasteiger partial charge in [-0.15, -0.1) is 0 Å². The number of benzene rings is 1. The summed E-state index contributed by atoms with van der Waals surface area (Å²) < 4.78 is 98.5. The van der Waals surface area contributed by atoms with Gasteiger partial charge in [0, 0.05) is 13.5 Å². The highest BCUT2D eigenvalue weighted by molar-refractivity contribution is 5.30. The van der Waals surface area contributed by atoms with E-state index < -0.39 is 30.5 Å². The number of halogens is 7. The molecular formula is C13H13F7O2. The lowest BCUT2D eigenvalue weighted by Gasteiger charge is -2.30. The molecule has 1 aromatic carbocycles. The van der Waals surface area contributed by atoms with Gasteiger partial charge in [-0.1, -0.05) is 12.1 Å². The minimum absolute atomic E-state index is 0.000463. The lowest BCUT2D eigenvalue weighted by atomic mass is 9.98. The molecule has 1 unspecified atom stereocenters. The van der Waals surface area contributed by atoms with E-state index in [1.165, 1.54) is 31.4 Å².